The summed E-state index contributed by atoms with van der Waals surface area (Å²) in [5.41, 5.74) is 3.11. The first-order chi connectivity index (χ1) is 21.0. The lowest BCUT2D eigenvalue weighted by atomic mass is 9.92. The monoisotopic (exact) mass is 656 g/mol. The summed E-state index contributed by atoms with van der Waals surface area (Å²) in [5.74, 6) is -0.336. The van der Waals surface area contributed by atoms with E-state index in [-0.39, 0.29) is 5.91 Å². The molecule has 228 valence electrons. The van der Waals surface area contributed by atoms with Gasteiger partial charge in [-0.3, -0.25) is 4.79 Å². The minimum atomic E-state index is -1.77. The van der Waals surface area contributed by atoms with E-state index in [0.717, 1.165) is 43.6 Å². The van der Waals surface area contributed by atoms with Gasteiger partial charge in [-0.05, 0) is 19.1 Å². The fourth-order valence-electron chi connectivity index (χ4n) is 7.82. The molecule has 8 rings (SSSR count). The van der Waals surface area contributed by atoms with E-state index in [0.29, 0.717) is 17.5 Å². The first kappa shape index (κ1) is 28.2. The predicted octanol–water partition coefficient (Wildman–Crippen LogP) is 6.06. The summed E-state index contributed by atoms with van der Waals surface area (Å²) in [6.07, 6.45) is -2.81. The van der Waals surface area contributed by atoms with Crippen molar-refractivity contribution in [1.29, 1.82) is 0 Å². The standard InChI is InChI=1S/C31H27Cl3N4O6/c1-30-26(42-3)18(36(2)29(41)43-13-31(32,33)34)12-19(44-30)37-16-10-6-4-8-14(16)20-22-23(28(40)35-27(22)39)21-15-9-5-7-11-17(15)38(30)25(21)24(20)37/h4-11,18-19,26,28,40H,12-13H2,1-3H3,(H,35,39)/t18-,19-,26-,28?,30+/m0/s1. The van der Waals surface area contributed by atoms with Crippen molar-refractivity contribution in [3.05, 3.63) is 59.7 Å². The Morgan fingerprint density at radius 2 is 1.77 bits per heavy atom. The fourth-order valence-corrected chi connectivity index (χ4v) is 7.98. The fraction of sp³-hybridized carbons (Fsp3) is 0.355. The highest BCUT2D eigenvalue weighted by molar-refractivity contribution is 6.67. The molecule has 0 aliphatic carbocycles. The Hall–Kier alpha value is -3.25. The molecule has 0 saturated carbocycles. The van der Waals surface area contributed by atoms with E-state index in [1.165, 1.54) is 4.90 Å². The third-order valence-corrected chi connectivity index (χ3v) is 9.72. The normalized spacial score (nSPS) is 26.0. The highest BCUT2D eigenvalue weighted by atomic mass is 35.6. The number of amides is 2. The second-order valence-corrected chi connectivity index (χ2v) is 14.2. The van der Waals surface area contributed by atoms with Gasteiger partial charge in [-0.25, -0.2) is 4.79 Å². The van der Waals surface area contributed by atoms with Crippen LogP contribution in [0.15, 0.2) is 48.5 Å². The van der Waals surface area contributed by atoms with Crippen molar-refractivity contribution in [2.45, 2.75) is 47.5 Å². The van der Waals surface area contributed by atoms with Gasteiger partial charge in [0.25, 0.3) is 5.91 Å². The number of carbonyl (C=O) groups excluding carboxylic acids is 2. The topological polar surface area (TPSA) is 107 Å². The minimum absolute atomic E-state index is 0.331. The molecule has 3 aromatic carbocycles. The van der Waals surface area contributed by atoms with E-state index in [1.807, 2.05) is 55.5 Å². The Kier molecular flexibility index (Phi) is 6.02. The molecule has 2 bridgehead atoms. The summed E-state index contributed by atoms with van der Waals surface area (Å²) >= 11 is 17.6. The van der Waals surface area contributed by atoms with Gasteiger partial charge in [-0.2, -0.15) is 0 Å². The lowest BCUT2D eigenvalue weighted by Gasteiger charge is -2.50. The second kappa shape index (κ2) is 9.38. The molecule has 10 nitrogen and oxygen atoms in total. The van der Waals surface area contributed by atoms with Crippen LogP contribution in [0.5, 0.6) is 0 Å². The van der Waals surface area contributed by atoms with Crippen LogP contribution in [-0.2, 0) is 19.9 Å². The van der Waals surface area contributed by atoms with Crippen LogP contribution in [0.2, 0.25) is 0 Å². The number of aromatic nitrogens is 2. The molecule has 13 heteroatoms. The highest BCUT2D eigenvalue weighted by Crippen LogP contribution is 2.55. The first-order valence-electron chi connectivity index (χ1n) is 14.1. The molecule has 2 aromatic heterocycles. The number of ether oxygens (including phenoxy) is 3. The first-order valence-corrected chi connectivity index (χ1v) is 15.3. The molecule has 1 fully saturated rings. The van der Waals surface area contributed by atoms with Gasteiger partial charge in [0, 0.05) is 47.7 Å². The number of para-hydroxylation sites is 2. The number of nitrogens with one attached hydrogen (secondary N) is 1. The highest BCUT2D eigenvalue weighted by Gasteiger charge is 2.55. The molecule has 2 N–H and O–H groups in total. The Balaban J connectivity index is 1.49. The Morgan fingerprint density at radius 1 is 1.11 bits per heavy atom. The second-order valence-electron chi connectivity index (χ2n) is 11.7. The van der Waals surface area contributed by atoms with Crippen molar-refractivity contribution in [3.8, 4) is 0 Å². The molecule has 5 aromatic rings. The van der Waals surface area contributed by atoms with Crippen molar-refractivity contribution < 1.29 is 28.9 Å². The number of likely N-dealkylation sites (N-methyl/N-ethyl adjacent to an activating group) is 1. The minimum Gasteiger partial charge on any atom is -0.445 e. The van der Waals surface area contributed by atoms with Gasteiger partial charge < -0.3 is 38.7 Å². The van der Waals surface area contributed by atoms with Crippen LogP contribution in [0.4, 0.5) is 4.79 Å². The van der Waals surface area contributed by atoms with Crippen LogP contribution < -0.4 is 5.32 Å². The zero-order valence-electron chi connectivity index (χ0n) is 23.8. The Labute approximate surface area is 265 Å². The molecule has 5 atom stereocenters. The van der Waals surface area contributed by atoms with Gasteiger partial charge in [-0.15, -0.1) is 0 Å². The number of aliphatic hydroxyl groups excluding tert-OH is 1. The number of hydrogen-bond donors (Lipinski definition) is 2. The molecule has 3 aliphatic heterocycles. The van der Waals surface area contributed by atoms with Gasteiger partial charge >= 0.3 is 6.09 Å². The van der Waals surface area contributed by atoms with E-state index >= 15 is 0 Å². The number of rotatable bonds is 3. The molecule has 0 spiro atoms. The molecule has 5 heterocycles. The van der Waals surface area contributed by atoms with Crippen LogP contribution >= 0.6 is 34.8 Å². The lowest BCUT2D eigenvalue weighted by Crippen LogP contribution is -2.61. The van der Waals surface area contributed by atoms with Crippen molar-refractivity contribution >= 4 is 90.4 Å². The number of nitrogens with zero attached hydrogens (tertiary/aromatic N) is 3. The van der Waals surface area contributed by atoms with E-state index in [2.05, 4.69) is 14.5 Å². The Bertz CT molecular complexity index is 2070. The van der Waals surface area contributed by atoms with Crippen molar-refractivity contribution in [2.24, 2.45) is 0 Å². The van der Waals surface area contributed by atoms with Gasteiger partial charge in [0.05, 0.1) is 33.7 Å². The van der Waals surface area contributed by atoms with Crippen LogP contribution in [-0.4, -0.2) is 67.8 Å². The molecule has 3 aliphatic rings. The summed E-state index contributed by atoms with van der Waals surface area (Å²) in [4.78, 5) is 28.4. The zero-order valence-corrected chi connectivity index (χ0v) is 26.1. The van der Waals surface area contributed by atoms with Gasteiger partial charge in [0.15, 0.2) is 12.0 Å². The largest absolute Gasteiger partial charge is 0.445 e. The van der Waals surface area contributed by atoms with E-state index in [4.69, 9.17) is 49.0 Å². The average molecular weight is 658 g/mol. The predicted molar refractivity (Wildman–Crippen MR) is 167 cm³/mol. The molecule has 1 saturated heterocycles. The van der Waals surface area contributed by atoms with Gasteiger partial charge in [0.2, 0.25) is 3.79 Å². The SMILES string of the molecule is CO[C@H]1[C@@H](N(C)C(=O)OCC(Cl)(Cl)Cl)C[C@@H]2O[C@@]1(C)n1c3ccccc3c3c4c(c5c6ccccc6n2c5c31)C(=O)NC4O. The number of alkyl halides is 3. The maximum atomic E-state index is 13.5. The number of aliphatic hydroxyl groups is 1. The van der Waals surface area contributed by atoms with E-state index < -0.39 is 46.8 Å². The zero-order chi connectivity index (χ0) is 30.9. The number of halogens is 3. The third kappa shape index (κ3) is 3.61. The number of methoxy groups -OCH3 is 1. The van der Waals surface area contributed by atoms with Crippen molar-refractivity contribution in [1.82, 2.24) is 19.4 Å². The molecule has 44 heavy (non-hydrogen) atoms. The average Bonchev–Trinajstić information content (AvgIpc) is 3.59. The molecular formula is C31H27Cl3N4O6. The summed E-state index contributed by atoms with van der Waals surface area (Å²) in [6, 6.07) is 15.1. The quantitative estimate of drug-likeness (QED) is 0.229. The van der Waals surface area contributed by atoms with E-state index in [1.54, 1.807) is 14.2 Å². The molecule has 1 unspecified atom stereocenters. The number of fused-ring (bicyclic) bond motifs is 13. The third-order valence-electron chi connectivity index (χ3n) is 9.39. The van der Waals surface area contributed by atoms with Gasteiger partial charge in [-0.1, -0.05) is 71.2 Å². The summed E-state index contributed by atoms with van der Waals surface area (Å²) in [6.45, 7) is 1.52. The number of hydrogen-bond acceptors (Lipinski definition) is 6. The Morgan fingerprint density at radius 3 is 2.45 bits per heavy atom. The van der Waals surface area contributed by atoms with E-state index in [9.17, 15) is 14.7 Å². The summed E-state index contributed by atoms with van der Waals surface area (Å²) < 4.78 is 21.1. The summed E-state index contributed by atoms with van der Waals surface area (Å²) in [7, 11) is 3.22. The maximum absolute atomic E-state index is 13.5. The molecular weight excluding hydrogens is 631 g/mol. The molecule has 2 amide bonds. The van der Waals surface area contributed by atoms with Crippen LogP contribution in [0.1, 0.15) is 41.7 Å². The lowest BCUT2D eigenvalue weighted by molar-refractivity contribution is -0.265. The number of carbonyl (C=O) groups is 2. The van der Waals surface area contributed by atoms with Crippen LogP contribution in [0, 0.1) is 0 Å². The maximum Gasteiger partial charge on any atom is 0.409 e. The van der Waals surface area contributed by atoms with Crippen molar-refractivity contribution in [2.75, 3.05) is 20.8 Å². The van der Waals surface area contributed by atoms with Crippen molar-refractivity contribution in [3.63, 3.8) is 0 Å². The number of benzene rings is 3. The summed E-state index contributed by atoms with van der Waals surface area (Å²) in [5, 5.41) is 17.2. The smallest absolute Gasteiger partial charge is 0.409 e. The van der Waals surface area contributed by atoms with Crippen LogP contribution in [0.25, 0.3) is 43.6 Å². The van der Waals surface area contributed by atoms with Gasteiger partial charge in [0.1, 0.15) is 18.9 Å². The van der Waals surface area contributed by atoms with Crippen LogP contribution in [0.3, 0.4) is 0 Å². The molecule has 0 radical (unpaired) electrons.